The first-order valence-corrected chi connectivity index (χ1v) is 5.20. The molecule has 2 nitrogen and oxygen atoms in total. The van der Waals surface area contributed by atoms with Crippen molar-refractivity contribution >= 4 is 0 Å². The van der Waals surface area contributed by atoms with Gasteiger partial charge in [-0.05, 0) is 44.2 Å². The maximum Gasteiger partial charge on any atom is 0.0461 e. The first-order valence-electron chi connectivity index (χ1n) is 5.20. The van der Waals surface area contributed by atoms with Gasteiger partial charge in [-0.15, -0.1) is 0 Å². The minimum atomic E-state index is 0.387. The van der Waals surface area contributed by atoms with Gasteiger partial charge in [0.1, 0.15) is 0 Å². The van der Waals surface area contributed by atoms with E-state index in [1.54, 1.807) is 0 Å². The highest BCUT2D eigenvalue weighted by Gasteiger charge is 2.21. The third-order valence-electron chi connectivity index (χ3n) is 2.94. The van der Waals surface area contributed by atoms with Crippen molar-refractivity contribution in [1.29, 1.82) is 0 Å². The van der Waals surface area contributed by atoms with Gasteiger partial charge in [0, 0.05) is 6.61 Å². The molecule has 0 radical (unpaired) electrons. The fourth-order valence-electron chi connectivity index (χ4n) is 2.16. The summed E-state index contributed by atoms with van der Waals surface area (Å²) in [7, 11) is 0. The second kappa shape index (κ2) is 5.55. The molecule has 0 aromatic heterocycles. The molecule has 2 heteroatoms. The summed E-state index contributed by atoms with van der Waals surface area (Å²) in [5.74, 6) is 1.34. The second-order valence-corrected chi connectivity index (χ2v) is 3.82. The molecule has 1 aliphatic rings. The quantitative estimate of drug-likeness (QED) is 0.670. The molecule has 0 aromatic rings. The van der Waals surface area contributed by atoms with Crippen LogP contribution in [0, 0.1) is 11.8 Å². The molecule has 1 aliphatic heterocycles. The first kappa shape index (κ1) is 10.0. The van der Waals surface area contributed by atoms with E-state index in [0.717, 1.165) is 19.0 Å². The van der Waals surface area contributed by atoms with Gasteiger partial charge in [0.25, 0.3) is 0 Å². The van der Waals surface area contributed by atoms with Crippen LogP contribution in [0.4, 0.5) is 0 Å². The third-order valence-corrected chi connectivity index (χ3v) is 2.94. The molecule has 1 saturated heterocycles. The van der Waals surface area contributed by atoms with Crippen molar-refractivity contribution in [2.75, 3.05) is 19.7 Å². The normalized spacial score (nSPS) is 22.5. The van der Waals surface area contributed by atoms with Crippen molar-refractivity contribution in [3.63, 3.8) is 0 Å². The summed E-state index contributed by atoms with van der Waals surface area (Å²) in [4.78, 5) is 0. The van der Waals surface area contributed by atoms with Gasteiger partial charge >= 0.3 is 0 Å². The van der Waals surface area contributed by atoms with E-state index in [9.17, 15) is 5.11 Å². The van der Waals surface area contributed by atoms with E-state index in [1.807, 2.05) is 0 Å². The van der Waals surface area contributed by atoms with Crippen molar-refractivity contribution in [3.8, 4) is 0 Å². The largest absolute Gasteiger partial charge is 0.396 e. The molecular weight excluding hydrogens is 150 g/mol. The maximum absolute atomic E-state index is 9.19. The van der Waals surface area contributed by atoms with Crippen LogP contribution in [0.1, 0.15) is 32.6 Å². The zero-order valence-corrected chi connectivity index (χ0v) is 8.05. The Balaban J connectivity index is 2.29. The Morgan fingerprint density at radius 1 is 1.42 bits per heavy atom. The number of hydrogen-bond donors (Lipinski definition) is 2. The van der Waals surface area contributed by atoms with E-state index < -0.39 is 0 Å². The summed E-state index contributed by atoms with van der Waals surface area (Å²) in [6.45, 7) is 4.87. The fourth-order valence-corrected chi connectivity index (χ4v) is 2.16. The van der Waals surface area contributed by atoms with Crippen LogP contribution in [0.2, 0.25) is 0 Å². The predicted molar refractivity (Wildman–Crippen MR) is 51.1 cm³/mol. The van der Waals surface area contributed by atoms with E-state index in [2.05, 4.69) is 12.2 Å². The Morgan fingerprint density at radius 3 is 2.58 bits per heavy atom. The topological polar surface area (TPSA) is 32.3 Å². The third kappa shape index (κ3) is 2.76. The average Bonchev–Trinajstić information content (AvgIpc) is 2.15. The number of hydrogen-bond acceptors (Lipinski definition) is 2. The molecule has 0 spiro atoms. The zero-order chi connectivity index (χ0) is 8.81. The number of aliphatic hydroxyl groups is 1. The standard InChI is InChI=1S/C10H21NO/c1-2-3-10(8-12)9-4-6-11-7-5-9/h9-12H,2-8H2,1H3. The Labute approximate surface area is 75.4 Å². The van der Waals surface area contributed by atoms with Crippen molar-refractivity contribution in [3.05, 3.63) is 0 Å². The van der Waals surface area contributed by atoms with Crippen molar-refractivity contribution in [2.24, 2.45) is 11.8 Å². The second-order valence-electron chi connectivity index (χ2n) is 3.82. The summed E-state index contributed by atoms with van der Waals surface area (Å²) < 4.78 is 0. The van der Waals surface area contributed by atoms with Crippen LogP contribution in [-0.4, -0.2) is 24.8 Å². The lowest BCUT2D eigenvalue weighted by Crippen LogP contribution is -2.32. The van der Waals surface area contributed by atoms with Crippen molar-refractivity contribution in [1.82, 2.24) is 5.32 Å². The van der Waals surface area contributed by atoms with Crippen LogP contribution in [0.3, 0.4) is 0 Å². The number of aliphatic hydroxyl groups excluding tert-OH is 1. The molecule has 12 heavy (non-hydrogen) atoms. The van der Waals surface area contributed by atoms with Crippen LogP contribution in [0.5, 0.6) is 0 Å². The molecule has 72 valence electrons. The molecule has 1 atom stereocenters. The molecule has 0 aromatic carbocycles. The van der Waals surface area contributed by atoms with E-state index in [-0.39, 0.29) is 0 Å². The Morgan fingerprint density at radius 2 is 2.08 bits per heavy atom. The first-order chi connectivity index (χ1) is 5.88. The van der Waals surface area contributed by atoms with Crippen LogP contribution in [-0.2, 0) is 0 Å². The van der Waals surface area contributed by atoms with Crippen LogP contribution in [0.15, 0.2) is 0 Å². The summed E-state index contributed by atoms with van der Waals surface area (Å²) in [5, 5.41) is 12.5. The van der Waals surface area contributed by atoms with E-state index in [4.69, 9.17) is 0 Å². The minimum Gasteiger partial charge on any atom is -0.396 e. The van der Waals surface area contributed by atoms with Gasteiger partial charge in [0.05, 0.1) is 0 Å². The van der Waals surface area contributed by atoms with E-state index in [1.165, 1.54) is 25.7 Å². The van der Waals surface area contributed by atoms with Crippen LogP contribution >= 0.6 is 0 Å². The molecule has 1 rings (SSSR count). The molecule has 0 aliphatic carbocycles. The van der Waals surface area contributed by atoms with Gasteiger partial charge in [-0.3, -0.25) is 0 Å². The lowest BCUT2D eigenvalue weighted by atomic mass is 9.83. The van der Waals surface area contributed by atoms with Crippen LogP contribution in [0.25, 0.3) is 0 Å². The highest BCUT2D eigenvalue weighted by molar-refractivity contribution is 4.75. The predicted octanol–water partition coefficient (Wildman–Crippen LogP) is 1.39. The summed E-state index contributed by atoms with van der Waals surface area (Å²) >= 11 is 0. The van der Waals surface area contributed by atoms with Crippen molar-refractivity contribution < 1.29 is 5.11 Å². The van der Waals surface area contributed by atoms with Crippen LogP contribution < -0.4 is 5.32 Å². The van der Waals surface area contributed by atoms with Gasteiger partial charge in [-0.1, -0.05) is 13.3 Å². The van der Waals surface area contributed by atoms with Gasteiger partial charge in [-0.25, -0.2) is 0 Å². The number of piperidine rings is 1. The highest BCUT2D eigenvalue weighted by atomic mass is 16.3. The molecular formula is C10H21NO. The monoisotopic (exact) mass is 171 g/mol. The summed E-state index contributed by atoms with van der Waals surface area (Å²) in [6.07, 6.45) is 4.91. The molecule has 0 amide bonds. The minimum absolute atomic E-state index is 0.387. The lowest BCUT2D eigenvalue weighted by molar-refractivity contribution is 0.143. The SMILES string of the molecule is CCCC(CO)C1CCNCC1. The summed E-state index contributed by atoms with van der Waals surface area (Å²) in [6, 6.07) is 0. The number of nitrogens with one attached hydrogen (secondary N) is 1. The fraction of sp³-hybridized carbons (Fsp3) is 1.00. The molecule has 2 N–H and O–H groups in total. The zero-order valence-electron chi connectivity index (χ0n) is 8.05. The van der Waals surface area contributed by atoms with Gasteiger partial charge in [0.15, 0.2) is 0 Å². The lowest BCUT2D eigenvalue weighted by Gasteiger charge is -2.29. The van der Waals surface area contributed by atoms with Gasteiger partial charge in [-0.2, -0.15) is 0 Å². The van der Waals surface area contributed by atoms with Gasteiger partial charge in [0.2, 0.25) is 0 Å². The van der Waals surface area contributed by atoms with Crippen molar-refractivity contribution in [2.45, 2.75) is 32.6 Å². The van der Waals surface area contributed by atoms with E-state index in [0.29, 0.717) is 12.5 Å². The molecule has 1 unspecified atom stereocenters. The Bertz CT molecular complexity index is 108. The molecule has 1 heterocycles. The number of rotatable bonds is 4. The van der Waals surface area contributed by atoms with Gasteiger partial charge < -0.3 is 10.4 Å². The highest BCUT2D eigenvalue weighted by Crippen LogP contribution is 2.25. The Kier molecular flexibility index (Phi) is 4.62. The molecule has 0 bridgehead atoms. The molecule has 0 saturated carbocycles. The maximum atomic E-state index is 9.19. The molecule has 1 fully saturated rings. The van der Waals surface area contributed by atoms with E-state index >= 15 is 0 Å². The Hall–Kier alpha value is -0.0800. The average molecular weight is 171 g/mol. The smallest absolute Gasteiger partial charge is 0.0461 e. The summed E-state index contributed by atoms with van der Waals surface area (Å²) in [5.41, 5.74) is 0.